The zero-order valence-corrected chi connectivity index (χ0v) is 7.93. The molecule has 1 aliphatic rings. The van der Waals surface area contributed by atoms with Gasteiger partial charge in [-0.2, -0.15) is 0 Å². The fraction of sp³-hybridized carbons (Fsp3) is 1.00. The molecule has 1 saturated carbocycles. The lowest BCUT2D eigenvalue weighted by atomic mass is 9.64. The highest BCUT2D eigenvalue weighted by atomic mass is 15.1. The van der Waals surface area contributed by atoms with Crippen molar-refractivity contribution in [2.24, 2.45) is 11.1 Å². The summed E-state index contributed by atoms with van der Waals surface area (Å²) in [7, 11) is 4.25. The molecule has 0 unspecified atom stereocenters. The molecule has 11 heavy (non-hydrogen) atoms. The van der Waals surface area contributed by atoms with Gasteiger partial charge >= 0.3 is 0 Å². The maximum absolute atomic E-state index is 5.95. The van der Waals surface area contributed by atoms with Crippen LogP contribution in [0.5, 0.6) is 0 Å². The van der Waals surface area contributed by atoms with Crippen LogP contribution in [0.3, 0.4) is 0 Å². The minimum Gasteiger partial charge on any atom is -0.327 e. The van der Waals surface area contributed by atoms with E-state index in [1.54, 1.807) is 0 Å². The Hall–Kier alpha value is -0.0800. The zero-order chi connectivity index (χ0) is 8.48. The third-order valence-electron chi connectivity index (χ3n) is 2.95. The molecule has 2 nitrogen and oxygen atoms in total. The third kappa shape index (κ3) is 1.74. The van der Waals surface area contributed by atoms with Crippen LogP contribution >= 0.6 is 0 Å². The Labute approximate surface area is 69.8 Å². The van der Waals surface area contributed by atoms with Crippen molar-refractivity contribution in [3.05, 3.63) is 0 Å². The SMILES string of the molecule is C[C@@H](N)C1(CN(C)C)CCC1. The summed E-state index contributed by atoms with van der Waals surface area (Å²) in [6, 6.07) is 0.360. The number of nitrogens with two attached hydrogens (primary N) is 1. The van der Waals surface area contributed by atoms with Crippen LogP contribution in [0.1, 0.15) is 26.2 Å². The molecule has 0 heterocycles. The van der Waals surface area contributed by atoms with Crippen LogP contribution in [0.25, 0.3) is 0 Å². The van der Waals surface area contributed by atoms with Gasteiger partial charge in [-0.15, -0.1) is 0 Å². The quantitative estimate of drug-likeness (QED) is 0.662. The summed E-state index contributed by atoms with van der Waals surface area (Å²) in [5.41, 5.74) is 6.40. The minimum atomic E-state index is 0.360. The van der Waals surface area contributed by atoms with E-state index in [-0.39, 0.29) is 0 Å². The molecule has 0 saturated heterocycles. The van der Waals surface area contributed by atoms with Crippen LogP contribution in [0.2, 0.25) is 0 Å². The number of hydrogen-bond donors (Lipinski definition) is 1. The van der Waals surface area contributed by atoms with E-state index in [2.05, 4.69) is 25.9 Å². The molecule has 0 spiro atoms. The average molecular weight is 156 g/mol. The van der Waals surface area contributed by atoms with Gasteiger partial charge in [-0.3, -0.25) is 0 Å². The second kappa shape index (κ2) is 3.11. The summed E-state index contributed by atoms with van der Waals surface area (Å²) >= 11 is 0. The number of nitrogens with zero attached hydrogens (tertiary/aromatic N) is 1. The van der Waals surface area contributed by atoms with E-state index in [9.17, 15) is 0 Å². The van der Waals surface area contributed by atoms with Gasteiger partial charge in [0.15, 0.2) is 0 Å². The molecular weight excluding hydrogens is 136 g/mol. The van der Waals surface area contributed by atoms with Crippen LogP contribution in [-0.4, -0.2) is 31.6 Å². The van der Waals surface area contributed by atoms with Crippen LogP contribution in [-0.2, 0) is 0 Å². The van der Waals surface area contributed by atoms with Crippen molar-refractivity contribution in [2.45, 2.75) is 32.2 Å². The molecule has 0 aliphatic heterocycles. The van der Waals surface area contributed by atoms with Crippen molar-refractivity contribution in [1.29, 1.82) is 0 Å². The van der Waals surface area contributed by atoms with Crippen molar-refractivity contribution < 1.29 is 0 Å². The molecule has 1 aliphatic carbocycles. The van der Waals surface area contributed by atoms with Gasteiger partial charge in [0.05, 0.1) is 0 Å². The Morgan fingerprint density at radius 2 is 2.00 bits per heavy atom. The van der Waals surface area contributed by atoms with E-state index in [0.29, 0.717) is 11.5 Å². The summed E-state index contributed by atoms with van der Waals surface area (Å²) in [5.74, 6) is 0. The van der Waals surface area contributed by atoms with Gasteiger partial charge in [0.25, 0.3) is 0 Å². The second-order valence-electron chi connectivity index (χ2n) is 4.24. The lowest BCUT2D eigenvalue weighted by molar-refractivity contribution is 0.0645. The Bertz CT molecular complexity index is 126. The molecule has 0 aromatic rings. The van der Waals surface area contributed by atoms with Gasteiger partial charge in [0, 0.05) is 12.6 Å². The molecule has 1 atom stereocenters. The Morgan fingerprint density at radius 1 is 1.45 bits per heavy atom. The van der Waals surface area contributed by atoms with Gasteiger partial charge in [0.2, 0.25) is 0 Å². The van der Waals surface area contributed by atoms with E-state index in [1.807, 2.05) is 0 Å². The van der Waals surface area contributed by atoms with Gasteiger partial charge in [-0.05, 0) is 39.3 Å². The molecule has 2 N–H and O–H groups in total. The first kappa shape index (κ1) is 9.01. The summed E-state index contributed by atoms with van der Waals surface area (Å²) in [6.07, 6.45) is 4.01. The maximum Gasteiger partial charge on any atom is 0.00792 e. The van der Waals surface area contributed by atoms with Crippen LogP contribution in [0, 0.1) is 5.41 Å². The minimum absolute atomic E-state index is 0.360. The first-order valence-corrected chi connectivity index (χ1v) is 4.47. The third-order valence-corrected chi connectivity index (χ3v) is 2.95. The summed E-state index contributed by atoms with van der Waals surface area (Å²) < 4.78 is 0. The maximum atomic E-state index is 5.95. The predicted molar refractivity (Wildman–Crippen MR) is 48.5 cm³/mol. The van der Waals surface area contributed by atoms with Gasteiger partial charge < -0.3 is 10.6 Å². The molecule has 0 radical (unpaired) electrons. The average Bonchev–Trinajstić information content (AvgIpc) is 1.77. The highest BCUT2D eigenvalue weighted by Crippen LogP contribution is 2.43. The van der Waals surface area contributed by atoms with E-state index in [4.69, 9.17) is 5.73 Å². The highest BCUT2D eigenvalue weighted by Gasteiger charge is 2.40. The van der Waals surface area contributed by atoms with Crippen molar-refractivity contribution in [2.75, 3.05) is 20.6 Å². The largest absolute Gasteiger partial charge is 0.327 e. The molecule has 0 bridgehead atoms. The normalized spacial score (nSPS) is 24.8. The lowest BCUT2D eigenvalue weighted by Gasteiger charge is -2.46. The Kier molecular flexibility index (Phi) is 2.55. The molecule has 66 valence electrons. The molecule has 2 heteroatoms. The molecular formula is C9H20N2. The topological polar surface area (TPSA) is 29.3 Å². The van der Waals surface area contributed by atoms with Crippen molar-refractivity contribution in [3.63, 3.8) is 0 Å². The van der Waals surface area contributed by atoms with E-state index in [1.165, 1.54) is 19.3 Å². The monoisotopic (exact) mass is 156 g/mol. The van der Waals surface area contributed by atoms with Crippen LogP contribution in [0.4, 0.5) is 0 Å². The lowest BCUT2D eigenvalue weighted by Crippen LogP contribution is -2.50. The Morgan fingerprint density at radius 3 is 2.09 bits per heavy atom. The summed E-state index contributed by atoms with van der Waals surface area (Å²) in [6.45, 7) is 3.30. The number of rotatable bonds is 3. The zero-order valence-electron chi connectivity index (χ0n) is 7.93. The first-order chi connectivity index (χ1) is 5.07. The molecule has 0 aromatic heterocycles. The van der Waals surface area contributed by atoms with Gasteiger partial charge in [0.1, 0.15) is 0 Å². The molecule has 0 amide bonds. The Balaban J connectivity index is 2.47. The van der Waals surface area contributed by atoms with Crippen molar-refractivity contribution in [1.82, 2.24) is 4.90 Å². The first-order valence-electron chi connectivity index (χ1n) is 4.47. The van der Waals surface area contributed by atoms with E-state index < -0.39 is 0 Å². The predicted octanol–water partition coefficient (Wildman–Crippen LogP) is 1.07. The number of hydrogen-bond acceptors (Lipinski definition) is 2. The standard InChI is InChI=1S/C9H20N2/c1-8(10)9(5-4-6-9)7-11(2)3/h8H,4-7,10H2,1-3H3/t8-/m1/s1. The fourth-order valence-corrected chi connectivity index (χ4v) is 2.02. The van der Waals surface area contributed by atoms with Crippen molar-refractivity contribution >= 4 is 0 Å². The van der Waals surface area contributed by atoms with E-state index in [0.717, 1.165) is 6.54 Å². The van der Waals surface area contributed by atoms with Crippen molar-refractivity contribution in [3.8, 4) is 0 Å². The smallest absolute Gasteiger partial charge is 0.00792 e. The molecule has 1 fully saturated rings. The van der Waals surface area contributed by atoms with E-state index >= 15 is 0 Å². The van der Waals surface area contributed by atoms with Gasteiger partial charge in [-0.25, -0.2) is 0 Å². The fourth-order valence-electron chi connectivity index (χ4n) is 2.02. The van der Waals surface area contributed by atoms with Gasteiger partial charge in [-0.1, -0.05) is 6.42 Å². The summed E-state index contributed by atoms with van der Waals surface area (Å²) in [4.78, 5) is 2.25. The van der Waals surface area contributed by atoms with Crippen LogP contribution < -0.4 is 5.73 Å². The van der Waals surface area contributed by atoms with Crippen LogP contribution in [0.15, 0.2) is 0 Å². The summed E-state index contributed by atoms with van der Waals surface area (Å²) in [5, 5.41) is 0. The second-order valence-corrected chi connectivity index (χ2v) is 4.24. The molecule has 1 rings (SSSR count). The molecule has 0 aromatic carbocycles. The highest BCUT2D eigenvalue weighted by molar-refractivity contribution is 4.95.